The minimum Gasteiger partial charge on any atom is -0.341 e. The molecule has 2 aliphatic heterocycles. The second kappa shape index (κ2) is 7.85. The molecule has 6 nitrogen and oxygen atoms in total. The van der Waals surface area contributed by atoms with E-state index in [2.05, 4.69) is 11.9 Å². The Kier molecular flexibility index (Phi) is 5.76. The number of hydrogen-bond acceptors (Lipinski definition) is 4. The van der Waals surface area contributed by atoms with Gasteiger partial charge in [-0.2, -0.15) is 4.31 Å². The third-order valence-electron chi connectivity index (χ3n) is 5.22. The van der Waals surface area contributed by atoms with Crippen molar-refractivity contribution >= 4 is 15.9 Å². The maximum Gasteiger partial charge on any atom is 0.243 e. The minimum absolute atomic E-state index is 0.0503. The summed E-state index contributed by atoms with van der Waals surface area (Å²) in [7, 11) is -1.36. The summed E-state index contributed by atoms with van der Waals surface area (Å²) >= 11 is 0. The molecular formula is C18H27N3O3S. The van der Waals surface area contributed by atoms with E-state index >= 15 is 0 Å². The van der Waals surface area contributed by atoms with Gasteiger partial charge in [0.1, 0.15) is 0 Å². The molecule has 0 spiro atoms. The highest BCUT2D eigenvalue weighted by atomic mass is 32.2. The van der Waals surface area contributed by atoms with Crippen LogP contribution in [0.2, 0.25) is 0 Å². The monoisotopic (exact) mass is 365 g/mol. The number of piperidine rings is 1. The molecule has 0 aromatic heterocycles. The van der Waals surface area contributed by atoms with Gasteiger partial charge < -0.3 is 9.80 Å². The Balaban J connectivity index is 1.59. The van der Waals surface area contributed by atoms with Crippen LogP contribution in [0.15, 0.2) is 35.2 Å². The topological polar surface area (TPSA) is 60.9 Å². The Morgan fingerprint density at radius 2 is 1.64 bits per heavy atom. The molecule has 0 N–H and O–H groups in total. The largest absolute Gasteiger partial charge is 0.341 e. The van der Waals surface area contributed by atoms with Crippen molar-refractivity contribution in [2.24, 2.45) is 5.92 Å². The molecule has 2 fully saturated rings. The predicted octanol–water partition coefficient (Wildman–Crippen LogP) is 1.25. The lowest BCUT2D eigenvalue weighted by Crippen LogP contribution is -2.45. The first-order valence-electron chi connectivity index (χ1n) is 9.01. The first-order valence-corrected chi connectivity index (χ1v) is 10.4. The van der Waals surface area contributed by atoms with Crippen LogP contribution in [0, 0.1) is 5.92 Å². The fourth-order valence-corrected chi connectivity index (χ4v) is 5.10. The molecular weight excluding hydrogens is 338 g/mol. The van der Waals surface area contributed by atoms with Crippen LogP contribution in [0.25, 0.3) is 0 Å². The molecule has 2 heterocycles. The van der Waals surface area contributed by atoms with E-state index in [-0.39, 0.29) is 11.8 Å². The molecule has 7 heteroatoms. The molecule has 0 bridgehead atoms. The molecule has 0 saturated carbocycles. The van der Waals surface area contributed by atoms with Crippen LogP contribution in [0.3, 0.4) is 0 Å². The van der Waals surface area contributed by atoms with Gasteiger partial charge in [0.15, 0.2) is 0 Å². The molecule has 2 aliphatic rings. The number of carbonyl (C=O) groups excluding carboxylic acids is 1. The number of hydrogen-bond donors (Lipinski definition) is 0. The van der Waals surface area contributed by atoms with Crippen LogP contribution in [0.1, 0.15) is 19.3 Å². The van der Waals surface area contributed by atoms with E-state index in [1.54, 1.807) is 24.3 Å². The number of rotatable bonds is 3. The van der Waals surface area contributed by atoms with Crippen molar-refractivity contribution in [2.75, 3.05) is 46.3 Å². The Morgan fingerprint density at radius 1 is 0.960 bits per heavy atom. The maximum absolute atomic E-state index is 12.8. The second-order valence-electron chi connectivity index (χ2n) is 6.97. The molecule has 0 radical (unpaired) electrons. The van der Waals surface area contributed by atoms with Gasteiger partial charge in [-0.15, -0.1) is 0 Å². The van der Waals surface area contributed by atoms with Crippen LogP contribution in [-0.2, 0) is 14.8 Å². The zero-order valence-corrected chi connectivity index (χ0v) is 15.6. The van der Waals surface area contributed by atoms with Gasteiger partial charge in [0.25, 0.3) is 0 Å². The summed E-state index contributed by atoms with van der Waals surface area (Å²) < 4.78 is 26.9. The number of amides is 1. The molecule has 0 atom stereocenters. The van der Waals surface area contributed by atoms with Crippen molar-refractivity contribution in [2.45, 2.75) is 24.2 Å². The summed E-state index contributed by atoms with van der Waals surface area (Å²) in [5.74, 6) is 0.151. The Morgan fingerprint density at radius 3 is 2.32 bits per heavy atom. The lowest BCUT2D eigenvalue weighted by atomic mass is 9.96. The number of benzene rings is 1. The summed E-state index contributed by atoms with van der Waals surface area (Å²) in [5.41, 5.74) is 0. The van der Waals surface area contributed by atoms with Gasteiger partial charge in [0, 0.05) is 38.6 Å². The van der Waals surface area contributed by atoms with Crippen LogP contribution in [-0.4, -0.2) is 74.7 Å². The van der Waals surface area contributed by atoms with Gasteiger partial charge in [-0.05, 0) is 45.0 Å². The third-order valence-corrected chi connectivity index (χ3v) is 7.13. The van der Waals surface area contributed by atoms with E-state index in [1.165, 1.54) is 4.31 Å². The molecule has 25 heavy (non-hydrogen) atoms. The van der Waals surface area contributed by atoms with E-state index in [4.69, 9.17) is 0 Å². The second-order valence-corrected chi connectivity index (χ2v) is 8.91. The number of likely N-dealkylation sites (N-methyl/N-ethyl adjacent to an activating group) is 1. The number of sulfonamides is 1. The van der Waals surface area contributed by atoms with Gasteiger partial charge in [-0.3, -0.25) is 4.79 Å². The molecule has 1 aromatic carbocycles. The van der Waals surface area contributed by atoms with Crippen molar-refractivity contribution in [3.8, 4) is 0 Å². The van der Waals surface area contributed by atoms with Crippen molar-refractivity contribution in [1.29, 1.82) is 0 Å². The Labute approximate surface area is 150 Å². The molecule has 0 aliphatic carbocycles. The summed E-state index contributed by atoms with van der Waals surface area (Å²) in [6.07, 6.45) is 2.22. The fraction of sp³-hybridized carbons (Fsp3) is 0.611. The number of nitrogens with zero attached hydrogens (tertiary/aromatic N) is 3. The summed E-state index contributed by atoms with van der Waals surface area (Å²) in [5, 5.41) is 0. The van der Waals surface area contributed by atoms with Gasteiger partial charge in [0.05, 0.1) is 4.90 Å². The third kappa shape index (κ3) is 4.22. The van der Waals surface area contributed by atoms with Gasteiger partial charge in [0.2, 0.25) is 15.9 Å². The normalized spacial score (nSPS) is 21.9. The first kappa shape index (κ1) is 18.4. The molecule has 138 valence electrons. The first-order chi connectivity index (χ1) is 12.0. The van der Waals surface area contributed by atoms with Crippen molar-refractivity contribution in [3.63, 3.8) is 0 Å². The summed E-state index contributed by atoms with van der Waals surface area (Å²) in [6, 6.07) is 8.53. The highest BCUT2D eigenvalue weighted by Gasteiger charge is 2.33. The lowest BCUT2D eigenvalue weighted by Gasteiger charge is -2.33. The average Bonchev–Trinajstić information content (AvgIpc) is 2.86. The summed E-state index contributed by atoms with van der Waals surface area (Å²) in [4.78, 5) is 17.3. The van der Waals surface area contributed by atoms with Crippen LogP contribution in [0.5, 0.6) is 0 Å². The van der Waals surface area contributed by atoms with E-state index < -0.39 is 10.0 Å². The molecule has 0 unspecified atom stereocenters. The van der Waals surface area contributed by atoms with Crippen molar-refractivity contribution in [1.82, 2.24) is 14.1 Å². The molecule has 2 saturated heterocycles. The van der Waals surface area contributed by atoms with Crippen molar-refractivity contribution in [3.05, 3.63) is 30.3 Å². The smallest absolute Gasteiger partial charge is 0.243 e. The van der Waals surface area contributed by atoms with E-state index in [1.807, 2.05) is 11.0 Å². The highest BCUT2D eigenvalue weighted by molar-refractivity contribution is 7.89. The van der Waals surface area contributed by atoms with Gasteiger partial charge in [-0.1, -0.05) is 18.2 Å². The Hall–Kier alpha value is -1.44. The minimum atomic E-state index is -3.45. The highest BCUT2D eigenvalue weighted by Crippen LogP contribution is 2.25. The molecule has 1 amide bonds. The van der Waals surface area contributed by atoms with Gasteiger partial charge >= 0.3 is 0 Å². The fourth-order valence-electron chi connectivity index (χ4n) is 3.61. The van der Waals surface area contributed by atoms with E-state index in [9.17, 15) is 13.2 Å². The van der Waals surface area contributed by atoms with Crippen LogP contribution >= 0.6 is 0 Å². The quantitative estimate of drug-likeness (QED) is 0.809. The SMILES string of the molecule is CN1CCCN(C(=O)C2CCN(S(=O)(=O)c3ccccc3)CC2)CC1. The average molecular weight is 365 g/mol. The zero-order chi connectivity index (χ0) is 17.9. The van der Waals surface area contributed by atoms with E-state index in [0.717, 1.165) is 32.6 Å². The summed E-state index contributed by atoms with van der Waals surface area (Å²) in [6.45, 7) is 4.36. The molecule has 1 aromatic rings. The van der Waals surface area contributed by atoms with Gasteiger partial charge in [-0.25, -0.2) is 8.42 Å². The number of carbonyl (C=O) groups is 1. The Bertz CT molecular complexity index is 685. The predicted molar refractivity (Wildman–Crippen MR) is 96.6 cm³/mol. The van der Waals surface area contributed by atoms with E-state index in [0.29, 0.717) is 30.8 Å². The standard InChI is InChI=1S/C18H27N3O3S/c1-19-10-5-11-20(15-14-19)18(22)16-8-12-21(13-9-16)25(23,24)17-6-3-2-4-7-17/h2-4,6-7,16H,5,8-15H2,1H3. The maximum atomic E-state index is 12.8. The van der Waals surface area contributed by atoms with Crippen LogP contribution in [0.4, 0.5) is 0 Å². The zero-order valence-electron chi connectivity index (χ0n) is 14.8. The van der Waals surface area contributed by atoms with Crippen LogP contribution < -0.4 is 0 Å². The molecule has 3 rings (SSSR count). The lowest BCUT2D eigenvalue weighted by molar-refractivity contribution is -0.136. The van der Waals surface area contributed by atoms with Crippen molar-refractivity contribution < 1.29 is 13.2 Å².